The summed E-state index contributed by atoms with van der Waals surface area (Å²) in [5, 5.41) is 2.80. The summed E-state index contributed by atoms with van der Waals surface area (Å²) in [5.74, 6) is 0. The van der Waals surface area contributed by atoms with Crippen molar-refractivity contribution in [1.82, 2.24) is 4.90 Å². The highest BCUT2D eigenvalue weighted by atomic mass is 19.4. The summed E-state index contributed by atoms with van der Waals surface area (Å²) in [7, 11) is 1.91. The number of rotatable bonds is 5. The van der Waals surface area contributed by atoms with E-state index in [2.05, 4.69) is 5.32 Å². The van der Waals surface area contributed by atoms with Gasteiger partial charge in [0.2, 0.25) is 0 Å². The molecule has 0 fully saturated rings. The first-order chi connectivity index (χ1) is 8.34. The fraction of sp³-hybridized carbons (Fsp3) is 0.500. The van der Waals surface area contributed by atoms with Crippen LogP contribution in [0, 0.1) is 0 Å². The van der Waals surface area contributed by atoms with Gasteiger partial charge in [0.1, 0.15) is 0 Å². The van der Waals surface area contributed by atoms with Gasteiger partial charge in [-0.1, -0.05) is 6.92 Å². The van der Waals surface area contributed by atoms with Crippen molar-refractivity contribution >= 4 is 11.4 Å². The van der Waals surface area contributed by atoms with E-state index in [4.69, 9.17) is 5.73 Å². The minimum atomic E-state index is -4.39. The van der Waals surface area contributed by atoms with Gasteiger partial charge in [0, 0.05) is 24.5 Å². The molecule has 0 heterocycles. The summed E-state index contributed by atoms with van der Waals surface area (Å²) < 4.78 is 38.3. The van der Waals surface area contributed by atoms with Gasteiger partial charge in [-0.15, -0.1) is 0 Å². The summed E-state index contributed by atoms with van der Waals surface area (Å²) >= 11 is 0. The molecule has 0 saturated carbocycles. The highest BCUT2D eigenvalue weighted by Gasteiger charge is 2.33. The molecule has 1 rings (SSSR count). The fourth-order valence-electron chi connectivity index (χ4n) is 1.49. The standard InChI is InChI=1S/C12H18F3N3/c1-3-18(2)7-6-17-11-5-4-9(16)8-10(11)12(13,14)15/h4-5,8,17H,3,6-7,16H2,1-2H3. The number of nitrogens with one attached hydrogen (secondary N) is 1. The van der Waals surface area contributed by atoms with Crippen molar-refractivity contribution < 1.29 is 13.2 Å². The molecule has 0 aliphatic carbocycles. The van der Waals surface area contributed by atoms with Gasteiger partial charge in [-0.2, -0.15) is 13.2 Å². The van der Waals surface area contributed by atoms with Crippen LogP contribution < -0.4 is 11.1 Å². The molecule has 0 unspecified atom stereocenters. The highest BCUT2D eigenvalue weighted by molar-refractivity contribution is 5.59. The van der Waals surface area contributed by atoms with Crippen LogP contribution >= 0.6 is 0 Å². The molecule has 3 nitrogen and oxygen atoms in total. The molecule has 0 amide bonds. The Balaban J connectivity index is 2.76. The van der Waals surface area contributed by atoms with E-state index < -0.39 is 11.7 Å². The predicted molar refractivity (Wildman–Crippen MR) is 67.5 cm³/mol. The largest absolute Gasteiger partial charge is 0.418 e. The molecule has 0 aromatic heterocycles. The lowest BCUT2D eigenvalue weighted by molar-refractivity contribution is -0.136. The molecule has 0 radical (unpaired) electrons. The Kier molecular flexibility index (Phi) is 4.84. The van der Waals surface area contributed by atoms with E-state index in [0.717, 1.165) is 12.6 Å². The third-order valence-corrected chi connectivity index (χ3v) is 2.70. The van der Waals surface area contributed by atoms with E-state index in [1.54, 1.807) is 0 Å². The van der Waals surface area contributed by atoms with E-state index in [0.29, 0.717) is 13.1 Å². The molecule has 0 spiro atoms. The molecule has 1 aromatic rings. The van der Waals surface area contributed by atoms with Crippen molar-refractivity contribution in [3.05, 3.63) is 23.8 Å². The van der Waals surface area contributed by atoms with Gasteiger partial charge in [-0.05, 0) is 31.8 Å². The van der Waals surface area contributed by atoms with E-state index in [1.165, 1.54) is 12.1 Å². The molecule has 0 aliphatic rings. The maximum absolute atomic E-state index is 12.8. The normalized spacial score (nSPS) is 11.9. The van der Waals surface area contributed by atoms with E-state index in [9.17, 15) is 13.2 Å². The minimum absolute atomic E-state index is 0.0706. The van der Waals surface area contributed by atoms with Crippen LogP contribution in [0.2, 0.25) is 0 Å². The van der Waals surface area contributed by atoms with Crippen LogP contribution in [0.25, 0.3) is 0 Å². The first-order valence-corrected chi connectivity index (χ1v) is 5.73. The maximum Gasteiger partial charge on any atom is 0.418 e. The molecule has 0 saturated heterocycles. The van der Waals surface area contributed by atoms with Gasteiger partial charge in [0.15, 0.2) is 0 Å². The first-order valence-electron chi connectivity index (χ1n) is 5.73. The molecule has 3 N–H and O–H groups in total. The van der Waals surface area contributed by atoms with Gasteiger partial charge in [0.25, 0.3) is 0 Å². The smallest absolute Gasteiger partial charge is 0.399 e. The molecular formula is C12H18F3N3. The summed E-state index contributed by atoms with van der Waals surface area (Å²) in [6, 6.07) is 3.77. The van der Waals surface area contributed by atoms with Gasteiger partial charge >= 0.3 is 6.18 Å². The van der Waals surface area contributed by atoms with Crippen LogP contribution in [0.4, 0.5) is 24.5 Å². The number of hydrogen-bond acceptors (Lipinski definition) is 3. The van der Waals surface area contributed by atoms with Crippen LogP contribution in [0.15, 0.2) is 18.2 Å². The topological polar surface area (TPSA) is 41.3 Å². The van der Waals surface area contributed by atoms with Crippen LogP contribution in [0.1, 0.15) is 12.5 Å². The molecule has 0 atom stereocenters. The van der Waals surface area contributed by atoms with Crippen molar-refractivity contribution in [2.75, 3.05) is 37.7 Å². The quantitative estimate of drug-likeness (QED) is 0.801. The Hall–Kier alpha value is -1.43. The predicted octanol–water partition coefficient (Wildman–Crippen LogP) is 2.65. The number of nitrogen functional groups attached to an aromatic ring is 1. The maximum atomic E-state index is 12.8. The lowest BCUT2D eigenvalue weighted by Crippen LogP contribution is -2.25. The monoisotopic (exact) mass is 261 g/mol. The average molecular weight is 261 g/mol. The van der Waals surface area contributed by atoms with Crippen LogP contribution in [0.5, 0.6) is 0 Å². The lowest BCUT2D eigenvalue weighted by atomic mass is 10.1. The highest BCUT2D eigenvalue weighted by Crippen LogP contribution is 2.35. The number of benzene rings is 1. The average Bonchev–Trinajstić information content (AvgIpc) is 2.29. The summed E-state index contributed by atoms with van der Waals surface area (Å²) in [5.41, 5.74) is 4.85. The van der Waals surface area contributed by atoms with Crippen LogP contribution in [-0.4, -0.2) is 31.6 Å². The third-order valence-electron chi connectivity index (χ3n) is 2.70. The van der Waals surface area contributed by atoms with Crippen molar-refractivity contribution in [3.8, 4) is 0 Å². The summed E-state index contributed by atoms with van der Waals surface area (Å²) in [6.07, 6.45) is -4.39. The fourth-order valence-corrected chi connectivity index (χ4v) is 1.49. The Morgan fingerprint density at radius 1 is 1.33 bits per heavy atom. The summed E-state index contributed by atoms with van der Waals surface area (Å²) in [4.78, 5) is 2.01. The Bertz CT molecular complexity index is 391. The second-order valence-corrected chi connectivity index (χ2v) is 4.13. The zero-order chi connectivity index (χ0) is 13.8. The van der Waals surface area contributed by atoms with Gasteiger partial charge in [-0.25, -0.2) is 0 Å². The number of nitrogens with zero attached hydrogens (tertiary/aromatic N) is 1. The lowest BCUT2D eigenvalue weighted by Gasteiger charge is -2.18. The Morgan fingerprint density at radius 2 is 2.00 bits per heavy atom. The van der Waals surface area contributed by atoms with Crippen molar-refractivity contribution in [1.29, 1.82) is 0 Å². The van der Waals surface area contributed by atoms with Crippen LogP contribution in [0.3, 0.4) is 0 Å². The van der Waals surface area contributed by atoms with E-state index >= 15 is 0 Å². The Morgan fingerprint density at radius 3 is 2.56 bits per heavy atom. The minimum Gasteiger partial charge on any atom is -0.399 e. The van der Waals surface area contributed by atoms with Crippen LogP contribution in [-0.2, 0) is 6.18 Å². The zero-order valence-corrected chi connectivity index (χ0v) is 10.5. The van der Waals surface area contributed by atoms with Gasteiger partial charge in [0.05, 0.1) is 5.56 Å². The van der Waals surface area contributed by atoms with E-state index in [-0.39, 0.29) is 11.4 Å². The van der Waals surface area contributed by atoms with E-state index in [1.807, 2.05) is 18.9 Å². The van der Waals surface area contributed by atoms with Gasteiger partial charge in [-0.3, -0.25) is 0 Å². The molecule has 1 aromatic carbocycles. The number of anilines is 2. The molecule has 0 bridgehead atoms. The number of alkyl halides is 3. The summed E-state index contributed by atoms with van der Waals surface area (Å²) in [6.45, 7) is 3.98. The number of likely N-dealkylation sites (N-methyl/N-ethyl adjacent to an activating group) is 1. The SMILES string of the molecule is CCN(C)CCNc1ccc(N)cc1C(F)(F)F. The third kappa shape index (κ3) is 4.10. The molecule has 0 aliphatic heterocycles. The van der Waals surface area contributed by atoms with Crippen molar-refractivity contribution in [2.24, 2.45) is 0 Å². The number of hydrogen-bond donors (Lipinski definition) is 2. The van der Waals surface area contributed by atoms with Gasteiger partial charge < -0.3 is 16.0 Å². The second kappa shape index (κ2) is 5.95. The first kappa shape index (κ1) is 14.6. The molecule has 102 valence electrons. The second-order valence-electron chi connectivity index (χ2n) is 4.13. The Labute approximate surface area is 105 Å². The molecule has 18 heavy (non-hydrogen) atoms. The molecular weight excluding hydrogens is 243 g/mol. The number of halogens is 3. The molecule has 6 heteroatoms. The number of nitrogens with two attached hydrogens (primary N) is 1. The van der Waals surface area contributed by atoms with Crippen molar-refractivity contribution in [2.45, 2.75) is 13.1 Å². The zero-order valence-electron chi connectivity index (χ0n) is 10.5. The van der Waals surface area contributed by atoms with Crippen molar-refractivity contribution in [3.63, 3.8) is 0 Å².